The SMILES string of the molecule is COc1cccc2c1nc(CCl)n2C1CCS(=O)CC1. The van der Waals surface area contributed by atoms with E-state index in [1.807, 2.05) is 18.2 Å². The fourth-order valence-corrected chi connectivity index (χ4v) is 4.31. The van der Waals surface area contributed by atoms with Crippen molar-refractivity contribution in [2.45, 2.75) is 24.8 Å². The van der Waals surface area contributed by atoms with Gasteiger partial charge in [0.1, 0.15) is 17.1 Å². The molecule has 6 heteroatoms. The Morgan fingerprint density at radius 3 is 2.85 bits per heavy atom. The summed E-state index contributed by atoms with van der Waals surface area (Å²) in [6.07, 6.45) is 1.83. The topological polar surface area (TPSA) is 44.1 Å². The van der Waals surface area contributed by atoms with Crippen molar-refractivity contribution < 1.29 is 8.95 Å². The molecule has 0 spiro atoms. The average molecular weight is 313 g/mol. The molecule has 0 saturated carbocycles. The van der Waals surface area contributed by atoms with Crippen molar-refractivity contribution in [3.63, 3.8) is 0 Å². The van der Waals surface area contributed by atoms with E-state index in [1.165, 1.54) is 0 Å². The van der Waals surface area contributed by atoms with Crippen LogP contribution in [0.1, 0.15) is 24.7 Å². The molecule has 0 amide bonds. The molecule has 1 aliphatic rings. The summed E-state index contributed by atoms with van der Waals surface area (Å²) in [5, 5.41) is 0. The van der Waals surface area contributed by atoms with Gasteiger partial charge in [-0.05, 0) is 25.0 Å². The Labute approximate surface area is 125 Å². The number of nitrogens with zero attached hydrogens (tertiary/aromatic N) is 2. The van der Waals surface area contributed by atoms with Crippen LogP contribution >= 0.6 is 11.6 Å². The second-order valence-corrected chi connectivity index (χ2v) is 6.90. The average Bonchev–Trinajstić information content (AvgIpc) is 2.86. The van der Waals surface area contributed by atoms with Crippen LogP contribution in [0.15, 0.2) is 18.2 Å². The molecule has 0 N–H and O–H groups in total. The third-order valence-corrected chi connectivity index (χ3v) is 5.44. The fraction of sp³-hybridized carbons (Fsp3) is 0.500. The van der Waals surface area contributed by atoms with Gasteiger partial charge in [-0.15, -0.1) is 11.6 Å². The van der Waals surface area contributed by atoms with Crippen molar-refractivity contribution in [3.8, 4) is 5.75 Å². The van der Waals surface area contributed by atoms with Crippen LogP contribution in [-0.4, -0.2) is 32.4 Å². The maximum Gasteiger partial charge on any atom is 0.146 e. The van der Waals surface area contributed by atoms with E-state index < -0.39 is 10.8 Å². The molecular formula is C14H17ClN2O2S. The summed E-state index contributed by atoms with van der Waals surface area (Å²) in [6, 6.07) is 6.26. The van der Waals surface area contributed by atoms with Crippen molar-refractivity contribution in [2.75, 3.05) is 18.6 Å². The van der Waals surface area contributed by atoms with E-state index in [0.717, 1.165) is 47.0 Å². The number of fused-ring (bicyclic) bond motifs is 1. The number of rotatable bonds is 3. The predicted octanol–water partition coefficient (Wildman–Crippen LogP) is 2.87. The number of aromatic nitrogens is 2. The van der Waals surface area contributed by atoms with Gasteiger partial charge in [-0.1, -0.05) is 6.07 Å². The molecule has 1 aromatic heterocycles. The van der Waals surface area contributed by atoms with Crippen molar-refractivity contribution >= 4 is 33.4 Å². The van der Waals surface area contributed by atoms with Crippen LogP contribution in [0.5, 0.6) is 5.75 Å². The van der Waals surface area contributed by atoms with Gasteiger partial charge in [-0.25, -0.2) is 4.98 Å². The Bertz CT molecular complexity index is 646. The maximum atomic E-state index is 11.5. The molecular weight excluding hydrogens is 296 g/mol. The number of methoxy groups -OCH3 is 1. The summed E-state index contributed by atoms with van der Waals surface area (Å²) in [5.74, 6) is 3.53. The second-order valence-electron chi connectivity index (χ2n) is 4.94. The first-order chi connectivity index (χ1) is 9.74. The fourth-order valence-electron chi connectivity index (χ4n) is 2.85. The van der Waals surface area contributed by atoms with Crippen molar-refractivity contribution in [1.29, 1.82) is 0 Å². The summed E-state index contributed by atoms with van der Waals surface area (Å²) in [6.45, 7) is 0. The van der Waals surface area contributed by atoms with Crippen molar-refractivity contribution in [1.82, 2.24) is 9.55 Å². The van der Waals surface area contributed by atoms with E-state index in [4.69, 9.17) is 16.3 Å². The number of hydrogen-bond acceptors (Lipinski definition) is 3. The third kappa shape index (κ3) is 2.33. The van der Waals surface area contributed by atoms with Crippen LogP contribution in [0.3, 0.4) is 0 Å². The standard InChI is InChI=1S/C14H17ClN2O2S/c1-19-12-4-2-3-11-14(12)16-13(9-15)17(11)10-5-7-20(18)8-6-10/h2-4,10H,5-9H2,1H3. The number of para-hydroxylation sites is 1. The first kappa shape index (κ1) is 13.9. The highest BCUT2D eigenvalue weighted by Gasteiger charge is 2.24. The zero-order chi connectivity index (χ0) is 14.1. The largest absolute Gasteiger partial charge is 0.494 e. The van der Waals surface area contributed by atoms with Gasteiger partial charge < -0.3 is 9.30 Å². The lowest BCUT2D eigenvalue weighted by atomic mass is 10.1. The molecule has 2 heterocycles. The molecule has 3 rings (SSSR count). The van der Waals surface area contributed by atoms with Crippen LogP contribution in [0.2, 0.25) is 0 Å². The molecule has 20 heavy (non-hydrogen) atoms. The minimum absolute atomic E-state index is 0.332. The lowest BCUT2D eigenvalue weighted by Crippen LogP contribution is -2.22. The van der Waals surface area contributed by atoms with Gasteiger partial charge in [0.25, 0.3) is 0 Å². The number of alkyl halides is 1. The number of imidazole rings is 1. The van der Waals surface area contributed by atoms with Crippen molar-refractivity contribution in [3.05, 3.63) is 24.0 Å². The van der Waals surface area contributed by atoms with E-state index in [2.05, 4.69) is 9.55 Å². The minimum Gasteiger partial charge on any atom is -0.494 e. The Balaban J connectivity index is 2.11. The first-order valence-corrected chi connectivity index (χ1v) is 8.71. The van der Waals surface area contributed by atoms with Gasteiger partial charge in [0.15, 0.2) is 0 Å². The van der Waals surface area contributed by atoms with Gasteiger partial charge in [-0.2, -0.15) is 0 Å². The Hall–Kier alpha value is -1.07. The molecule has 1 aliphatic heterocycles. The van der Waals surface area contributed by atoms with Crippen LogP contribution in [0, 0.1) is 0 Å². The molecule has 0 aliphatic carbocycles. The molecule has 1 saturated heterocycles. The lowest BCUT2D eigenvalue weighted by Gasteiger charge is -2.25. The monoisotopic (exact) mass is 312 g/mol. The Kier molecular flexibility index (Phi) is 3.98. The van der Waals surface area contributed by atoms with Crippen LogP contribution in [0.4, 0.5) is 0 Å². The van der Waals surface area contributed by atoms with Gasteiger partial charge >= 0.3 is 0 Å². The van der Waals surface area contributed by atoms with Gasteiger partial charge in [0.05, 0.1) is 18.5 Å². The van der Waals surface area contributed by atoms with E-state index in [1.54, 1.807) is 7.11 Å². The molecule has 0 atom stereocenters. The predicted molar refractivity (Wildman–Crippen MR) is 82.0 cm³/mol. The highest BCUT2D eigenvalue weighted by molar-refractivity contribution is 7.85. The van der Waals surface area contributed by atoms with E-state index in [9.17, 15) is 4.21 Å². The van der Waals surface area contributed by atoms with Crippen LogP contribution < -0.4 is 4.74 Å². The summed E-state index contributed by atoms with van der Waals surface area (Å²) in [7, 11) is 0.988. The highest BCUT2D eigenvalue weighted by Crippen LogP contribution is 2.32. The van der Waals surface area contributed by atoms with Gasteiger partial charge in [-0.3, -0.25) is 4.21 Å². The summed E-state index contributed by atoms with van der Waals surface area (Å²) in [5.41, 5.74) is 1.91. The maximum absolute atomic E-state index is 11.5. The molecule has 0 radical (unpaired) electrons. The molecule has 1 fully saturated rings. The first-order valence-electron chi connectivity index (χ1n) is 6.69. The normalized spacial score (nSPS) is 23.1. The molecule has 1 aromatic carbocycles. The molecule has 0 unspecified atom stereocenters. The number of ether oxygens (including phenoxy) is 1. The molecule has 4 nitrogen and oxygen atoms in total. The molecule has 2 aromatic rings. The quantitative estimate of drug-likeness (QED) is 0.819. The minimum atomic E-state index is -0.662. The van der Waals surface area contributed by atoms with Gasteiger partial charge in [0.2, 0.25) is 0 Å². The highest BCUT2D eigenvalue weighted by atomic mass is 35.5. The third-order valence-electron chi connectivity index (χ3n) is 3.82. The lowest BCUT2D eigenvalue weighted by molar-refractivity contribution is 0.419. The summed E-state index contributed by atoms with van der Waals surface area (Å²) < 4.78 is 19.1. The zero-order valence-corrected chi connectivity index (χ0v) is 12.9. The number of hydrogen-bond donors (Lipinski definition) is 0. The van der Waals surface area contributed by atoms with E-state index in [-0.39, 0.29) is 0 Å². The molecule has 0 bridgehead atoms. The smallest absolute Gasteiger partial charge is 0.146 e. The Morgan fingerprint density at radius 2 is 2.20 bits per heavy atom. The summed E-state index contributed by atoms with van der Waals surface area (Å²) >= 11 is 6.06. The summed E-state index contributed by atoms with van der Waals surface area (Å²) in [4.78, 5) is 4.63. The van der Waals surface area contributed by atoms with Crippen LogP contribution in [-0.2, 0) is 16.7 Å². The van der Waals surface area contributed by atoms with Crippen LogP contribution in [0.25, 0.3) is 11.0 Å². The van der Waals surface area contributed by atoms with Gasteiger partial charge in [0, 0.05) is 28.3 Å². The number of benzene rings is 1. The zero-order valence-electron chi connectivity index (χ0n) is 11.3. The Morgan fingerprint density at radius 1 is 1.45 bits per heavy atom. The van der Waals surface area contributed by atoms with E-state index in [0.29, 0.717) is 11.9 Å². The number of halogens is 1. The molecule has 108 valence electrons. The van der Waals surface area contributed by atoms with E-state index >= 15 is 0 Å². The second kappa shape index (κ2) is 5.74. The van der Waals surface area contributed by atoms with Crippen molar-refractivity contribution in [2.24, 2.45) is 0 Å².